The number of hydrogen-bond donors (Lipinski definition) is 1. The van der Waals surface area contributed by atoms with Crippen molar-refractivity contribution in [3.05, 3.63) is 35.9 Å². The number of carbonyl (C=O) groups is 1. The molecule has 5 heteroatoms. The van der Waals surface area contributed by atoms with E-state index in [0.717, 1.165) is 32.6 Å². The van der Waals surface area contributed by atoms with Crippen LogP contribution in [0.4, 0.5) is 4.79 Å². The zero-order chi connectivity index (χ0) is 17.2. The van der Waals surface area contributed by atoms with Crippen LogP contribution >= 0.6 is 0 Å². The Labute approximate surface area is 145 Å². The molecule has 24 heavy (non-hydrogen) atoms. The van der Waals surface area contributed by atoms with E-state index in [2.05, 4.69) is 43.4 Å². The second-order valence-electron chi connectivity index (χ2n) is 7.38. The quantitative estimate of drug-likeness (QED) is 0.922. The van der Waals surface area contributed by atoms with Gasteiger partial charge >= 0.3 is 6.03 Å². The van der Waals surface area contributed by atoms with E-state index in [1.807, 2.05) is 23.1 Å². The molecule has 2 fully saturated rings. The van der Waals surface area contributed by atoms with Gasteiger partial charge in [-0.3, -0.25) is 0 Å². The van der Waals surface area contributed by atoms with Gasteiger partial charge in [0, 0.05) is 31.8 Å². The molecule has 0 saturated carbocycles. The molecule has 0 radical (unpaired) electrons. The van der Waals surface area contributed by atoms with Gasteiger partial charge in [0.25, 0.3) is 0 Å². The molecule has 2 atom stereocenters. The number of carbonyl (C=O) groups excluding carboxylic acids is 1. The van der Waals surface area contributed by atoms with Crippen LogP contribution in [-0.4, -0.2) is 61.8 Å². The maximum atomic E-state index is 12.7. The third-order valence-corrected chi connectivity index (χ3v) is 5.70. The standard InChI is InChI=1S/C19H29N3O2/c1-15-13-22(17(15)16-7-5-4-6-8-16)18(23)20-14-19(21(2)3)9-11-24-12-10-19/h4-8,15,17H,9-14H2,1-3H3,(H,20,23)/t15-,17+/m1/s1. The monoisotopic (exact) mass is 331 g/mol. The van der Waals surface area contributed by atoms with Crippen molar-refractivity contribution in [3.63, 3.8) is 0 Å². The highest BCUT2D eigenvalue weighted by Gasteiger charge is 2.41. The highest BCUT2D eigenvalue weighted by atomic mass is 16.5. The Hall–Kier alpha value is -1.59. The van der Waals surface area contributed by atoms with E-state index in [0.29, 0.717) is 12.5 Å². The van der Waals surface area contributed by atoms with Gasteiger partial charge < -0.3 is 19.9 Å². The first kappa shape index (κ1) is 17.2. The first-order valence-corrected chi connectivity index (χ1v) is 8.88. The minimum atomic E-state index is 0.00658. The summed E-state index contributed by atoms with van der Waals surface area (Å²) in [5.74, 6) is 0.504. The highest BCUT2D eigenvalue weighted by molar-refractivity contribution is 5.76. The molecule has 0 spiro atoms. The second-order valence-corrected chi connectivity index (χ2v) is 7.38. The first-order chi connectivity index (χ1) is 11.5. The molecule has 1 N–H and O–H groups in total. The number of benzene rings is 1. The molecule has 0 aliphatic carbocycles. The van der Waals surface area contributed by atoms with E-state index in [9.17, 15) is 4.79 Å². The summed E-state index contributed by atoms with van der Waals surface area (Å²) in [6.45, 7) is 5.24. The molecule has 0 unspecified atom stereocenters. The number of hydrogen-bond acceptors (Lipinski definition) is 3. The first-order valence-electron chi connectivity index (χ1n) is 8.88. The van der Waals surface area contributed by atoms with Crippen LogP contribution in [0.1, 0.15) is 31.4 Å². The summed E-state index contributed by atoms with van der Waals surface area (Å²) in [5, 5.41) is 3.19. The van der Waals surface area contributed by atoms with E-state index in [1.54, 1.807) is 0 Å². The Balaban J connectivity index is 1.62. The van der Waals surface area contributed by atoms with Crippen LogP contribution in [0.2, 0.25) is 0 Å². The number of nitrogens with zero attached hydrogens (tertiary/aromatic N) is 2. The second kappa shape index (κ2) is 7.11. The van der Waals surface area contributed by atoms with Crippen molar-refractivity contribution < 1.29 is 9.53 Å². The van der Waals surface area contributed by atoms with Gasteiger partial charge in [0.05, 0.1) is 6.04 Å². The Morgan fingerprint density at radius 2 is 1.96 bits per heavy atom. The lowest BCUT2D eigenvalue weighted by Crippen LogP contribution is -2.60. The summed E-state index contributed by atoms with van der Waals surface area (Å²) < 4.78 is 5.50. The van der Waals surface area contributed by atoms with Crippen molar-refractivity contribution in [1.29, 1.82) is 0 Å². The molecule has 2 saturated heterocycles. The third-order valence-electron chi connectivity index (χ3n) is 5.70. The van der Waals surface area contributed by atoms with Gasteiger partial charge in [0.2, 0.25) is 0 Å². The topological polar surface area (TPSA) is 44.8 Å². The third kappa shape index (κ3) is 3.28. The maximum Gasteiger partial charge on any atom is 0.318 e. The molecule has 1 aromatic carbocycles. The Kier molecular flexibility index (Phi) is 5.11. The summed E-state index contributed by atoms with van der Waals surface area (Å²) in [6, 6.07) is 10.6. The number of rotatable bonds is 4. The van der Waals surface area contributed by atoms with Crippen LogP contribution in [0.3, 0.4) is 0 Å². The van der Waals surface area contributed by atoms with Crippen LogP contribution in [0.25, 0.3) is 0 Å². The molecule has 2 amide bonds. The van der Waals surface area contributed by atoms with Crippen molar-refractivity contribution in [2.45, 2.75) is 31.3 Å². The number of ether oxygens (including phenoxy) is 1. The smallest absolute Gasteiger partial charge is 0.318 e. The van der Waals surface area contributed by atoms with Crippen molar-refractivity contribution in [2.24, 2.45) is 5.92 Å². The molecule has 132 valence electrons. The molecular formula is C19H29N3O2. The highest BCUT2D eigenvalue weighted by Crippen LogP contribution is 2.38. The van der Waals surface area contributed by atoms with Crippen LogP contribution in [0.15, 0.2) is 30.3 Å². The lowest BCUT2D eigenvalue weighted by Gasteiger charge is -2.48. The van der Waals surface area contributed by atoms with Crippen molar-refractivity contribution in [2.75, 3.05) is 40.4 Å². The van der Waals surface area contributed by atoms with Gasteiger partial charge in [-0.2, -0.15) is 0 Å². The van der Waals surface area contributed by atoms with E-state index >= 15 is 0 Å². The summed E-state index contributed by atoms with van der Waals surface area (Å²) in [6.07, 6.45) is 1.91. The van der Waals surface area contributed by atoms with Crippen LogP contribution in [0.5, 0.6) is 0 Å². The fourth-order valence-electron chi connectivity index (χ4n) is 3.94. The fourth-order valence-corrected chi connectivity index (χ4v) is 3.94. The molecule has 0 aromatic heterocycles. The largest absolute Gasteiger partial charge is 0.381 e. The Morgan fingerprint density at radius 1 is 1.29 bits per heavy atom. The predicted octanol–water partition coefficient (Wildman–Crippen LogP) is 2.50. The Bertz CT molecular complexity index is 555. The number of nitrogens with one attached hydrogen (secondary N) is 1. The summed E-state index contributed by atoms with van der Waals surface area (Å²) >= 11 is 0. The molecule has 3 rings (SSSR count). The molecular weight excluding hydrogens is 302 g/mol. The molecule has 0 bridgehead atoms. The van der Waals surface area contributed by atoms with Gasteiger partial charge in [-0.1, -0.05) is 37.3 Å². The van der Waals surface area contributed by atoms with Crippen LogP contribution < -0.4 is 5.32 Å². The lowest BCUT2D eigenvalue weighted by molar-refractivity contribution is -0.00815. The molecule has 1 aromatic rings. The van der Waals surface area contributed by atoms with Gasteiger partial charge in [0.15, 0.2) is 0 Å². The van der Waals surface area contributed by atoms with Crippen molar-refractivity contribution >= 4 is 6.03 Å². The average molecular weight is 331 g/mol. The molecule has 2 aliphatic heterocycles. The minimum absolute atomic E-state index is 0.00658. The maximum absolute atomic E-state index is 12.7. The normalized spacial score (nSPS) is 26.1. The fraction of sp³-hybridized carbons (Fsp3) is 0.632. The lowest BCUT2D eigenvalue weighted by atomic mass is 9.85. The predicted molar refractivity (Wildman–Crippen MR) is 94.9 cm³/mol. The summed E-state index contributed by atoms with van der Waals surface area (Å²) in [7, 11) is 4.19. The summed E-state index contributed by atoms with van der Waals surface area (Å²) in [5.41, 5.74) is 1.23. The van der Waals surface area contributed by atoms with E-state index in [1.165, 1.54) is 5.56 Å². The zero-order valence-corrected chi connectivity index (χ0v) is 15.0. The van der Waals surface area contributed by atoms with Gasteiger partial charge in [-0.05, 0) is 38.4 Å². The number of amides is 2. The van der Waals surface area contributed by atoms with E-state index in [4.69, 9.17) is 4.74 Å². The van der Waals surface area contributed by atoms with Crippen LogP contribution in [-0.2, 0) is 4.74 Å². The summed E-state index contributed by atoms with van der Waals surface area (Å²) in [4.78, 5) is 16.9. The number of likely N-dealkylation sites (tertiary alicyclic amines) is 1. The van der Waals surface area contributed by atoms with Gasteiger partial charge in [0.1, 0.15) is 0 Å². The van der Waals surface area contributed by atoms with Crippen molar-refractivity contribution in [3.8, 4) is 0 Å². The molecule has 2 aliphatic rings. The van der Waals surface area contributed by atoms with E-state index < -0.39 is 0 Å². The van der Waals surface area contributed by atoms with Crippen LogP contribution in [0, 0.1) is 5.92 Å². The zero-order valence-electron chi connectivity index (χ0n) is 15.0. The SMILES string of the molecule is C[C@@H]1CN(C(=O)NCC2(N(C)C)CCOCC2)[C@@H]1c1ccccc1. The minimum Gasteiger partial charge on any atom is -0.381 e. The molecule has 5 nitrogen and oxygen atoms in total. The number of likely N-dealkylation sites (N-methyl/N-ethyl adjacent to an activating group) is 1. The van der Waals surface area contributed by atoms with Gasteiger partial charge in [-0.15, -0.1) is 0 Å². The van der Waals surface area contributed by atoms with Gasteiger partial charge in [-0.25, -0.2) is 4.79 Å². The Morgan fingerprint density at radius 3 is 2.54 bits per heavy atom. The van der Waals surface area contributed by atoms with E-state index in [-0.39, 0.29) is 17.6 Å². The number of urea groups is 1. The van der Waals surface area contributed by atoms with Crippen molar-refractivity contribution in [1.82, 2.24) is 15.1 Å². The molecule has 2 heterocycles. The average Bonchev–Trinajstić information content (AvgIpc) is 2.59.